The van der Waals surface area contributed by atoms with E-state index in [2.05, 4.69) is 21.2 Å². The molecule has 28 heavy (non-hydrogen) atoms. The van der Waals surface area contributed by atoms with Crippen LogP contribution in [0.15, 0.2) is 34.8 Å². The van der Waals surface area contributed by atoms with Crippen LogP contribution >= 0.6 is 51.5 Å². The Balaban J connectivity index is 0.00000392. The summed E-state index contributed by atoms with van der Waals surface area (Å²) in [6.45, 7) is 5.54. The monoisotopic (exact) mass is 511 g/mol. The van der Waals surface area contributed by atoms with Crippen LogP contribution in [0.5, 0.6) is 11.5 Å². The average Bonchev–Trinajstić information content (AvgIpc) is 2.66. The van der Waals surface area contributed by atoms with Crippen molar-refractivity contribution in [3.63, 3.8) is 0 Å². The van der Waals surface area contributed by atoms with E-state index in [4.69, 9.17) is 37.4 Å². The fraction of sp³-hybridized carbons (Fsp3) is 0.400. The van der Waals surface area contributed by atoms with Gasteiger partial charge in [-0.3, -0.25) is 0 Å². The maximum Gasteiger partial charge on any atom is 0.175 e. The summed E-state index contributed by atoms with van der Waals surface area (Å²) < 4.78 is 17.6. The first-order valence-electron chi connectivity index (χ1n) is 8.76. The van der Waals surface area contributed by atoms with Crippen LogP contribution in [0.3, 0.4) is 0 Å². The Kier molecular flexibility index (Phi) is 12.2. The standard InChI is InChI=1S/C20H24BrCl2NO3.ClH/c1-3-26-8-4-7-24-12-15-9-16(21)20(19(11-15)25-2)27-13-14-5-6-17(22)18(23)10-14;/h5-6,9-11,24H,3-4,7-8,12-13H2,1-2H3;1H. The van der Waals surface area contributed by atoms with Gasteiger partial charge in [0.2, 0.25) is 0 Å². The van der Waals surface area contributed by atoms with Gasteiger partial charge in [-0.15, -0.1) is 12.4 Å². The molecule has 0 atom stereocenters. The first-order chi connectivity index (χ1) is 13.0. The molecule has 0 aliphatic carbocycles. The molecule has 0 amide bonds. The van der Waals surface area contributed by atoms with E-state index >= 15 is 0 Å². The number of nitrogens with one attached hydrogen (secondary N) is 1. The highest BCUT2D eigenvalue weighted by atomic mass is 79.9. The van der Waals surface area contributed by atoms with Crippen molar-refractivity contribution in [3.8, 4) is 11.5 Å². The number of hydrogen-bond acceptors (Lipinski definition) is 4. The number of benzene rings is 2. The van der Waals surface area contributed by atoms with E-state index in [0.29, 0.717) is 28.2 Å². The quantitative estimate of drug-likeness (QED) is 0.359. The molecule has 0 unspecified atom stereocenters. The molecule has 0 radical (unpaired) electrons. The first-order valence-corrected chi connectivity index (χ1v) is 10.3. The van der Waals surface area contributed by atoms with Crippen LogP contribution in [0.25, 0.3) is 0 Å². The normalized spacial score (nSPS) is 10.5. The molecular weight excluding hydrogens is 488 g/mol. The number of halogens is 4. The maximum atomic E-state index is 6.06. The average molecular weight is 514 g/mol. The molecule has 0 saturated heterocycles. The molecule has 156 valence electrons. The lowest BCUT2D eigenvalue weighted by Gasteiger charge is -2.15. The Hall–Kier alpha value is -0.690. The molecule has 2 rings (SSSR count). The van der Waals surface area contributed by atoms with E-state index in [1.807, 2.05) is 25.1 Å². The second-order valence-electron chi connectivity index (χ2n) is 5.87. The molecule has 4 nitrogen and oxygen atoms in total. The minimum atomic E-state index is 0. The lowest BCUT2D eigenvalue weighted by atomic mass is 10.2. The summed E-state index contributed by atoms with van der Waals surface area (Å²) in [7, 11) is 1.63. The number of rotatable bonds is 11. The van der Waals surface area contributed by atoms with Crippen LogP contribution in [0.1, 0.15) is 24.5 Å². The van der Waals surface area contributed by atoms with Crippen molar-refractivity contribution in [2.45, 2.75) is 26.5 Å². The summed E-state index contributed by atoms with van der Waals surface area (Å²) in [5.74, 6) is 1.33. The molecule has 0 fully saturated rings. The second-order valence-corrected chi connectivity index (χ2v) is 7.54. The van der Waals surface area contributed by atoms with E-state index in [1.165, 1.54) is 0 Å². The summed E-state index contributed by atoms with van der Waals surface area (Å²) in [5, 5.41) is 4.44. The van der Waals surface area contributed by atoms with Gasteiger partial charge in [0.05, 0.1) is 21.6 Å². The molecular formula is C20H25BrCl3NO3. The van der Waals surface area contributed by atoms with Crippen LogP contribution in [0.2, 0.25) is 10.0 Å². The van der Waals surface area contributed by atoms with Gasteiger partial charge >= 0.3 is 0 Å². The zero-order valence-corrected chi connectivity index (χ0v) is 19.8. The minimum absolute atomic E-state index is 0. The maximum absolute atomic E-state index is 6.06. The largest absolute Gasteiger partial charge is 0.493 e. The minimum Gasteiger partial charge on any atom is -0.493 e. The Morgan fingerprint density at radius 3 is 2.54 bits per heavy atom. The third-order valence-electron chi connectivity index (χ3n) is 3.83. The van der Waals surface area contributed by atoms with Gasteiger partial charge in [-0.2, -0.15) is 0 Å². The lowest BCUT2D eigenvalue weighted by Crippen LogP contribution is -2.16. The van der Waals surface area contributed by atoms with Gasteiger partial charge in [0.25, 0.3) is 0 Å². The highest BCUT2D eigenvalue weighted by Crippen LogP contribution is 2.37. The van der Waals surface area contributed by atoms with Gasteiger partial charge in [0.15, 0.2) is 11.5 Å². The Morgan fingerprint density at radius 1 is 1.07 bits per heavy atom. The highest BCUT2D eigenvalue weighted by molar-refractivity contribution is 9.10. The molecule has 0 aliphatic heterocycles. The molecule has 0 aliphatic rings. The molecule has 0 spiro atoms. The molecule has 2 aromatic carbocycles. The first kappa shape index (κ1) is 25.3. The van der Waals surface area contributed by atoms with Crippen molar-refractivity contribution in [2.75, 3.05) is 26.9 Å². The molecule has 0 heterocycles. The van der Waals surface area contributed by atoms with Crippen molar-refractivity contribution >= 4 is 51.5 Å². The van der Waals surface area contributed by atoms with E-state index in [0.717, 1.165) is 48.3 Å². The van der Waals surface area contributed by atoms with Crippen molar-refractivity contribution in [2.24, 2.45) is 0 Å². The molecule has 0 bridgehead atoms. The summed E-state index contributed by atoms with van der Waals surface area (Å²) in [4.78, 5) is 0. The summed E-state index contributed by atoms with van der Waals surface area (Å²) >= 11 is 15.6. The van der Waals surface area contributed by atoms with Crippen LogP contribution in [-0.2, 0) is 17.9 Å². The third kappa shape index (κ3) is 7.97. The van der Waals surface area contributed by atoms with Gasteiger partial charge < -0.3 is 19.5 Å². The Morgan fingerprint density at radius 2 is 1.86 bits per heavy atom. The molecule has 0 saturated carbocycles. The van der Waals surface area contributed by atoms with Gasteiger partial charge in [-0.05, 0) is 71.2 Å². The molecule has 0 aromatic heterocycles. The summed E-state index contributed by atoms with van der Waals surface area (Å²) in [6, 6.07) is 9.45. The van der Waals surface area contributed by atoms with E-state index in [9.17, 15) is 0 Å². The fourth-order valence-electron chi connectivity index (χ4n) is 2.48. The smallest absolute Gasteiger partial charge is 0.175 e. The van der Waals surface area contributed by atoms with Crippen molar-refractivity contribution in [1.82, 2.24) is 5.32 Å². The van der Waals surface area contributed by atoms with Crippen LogP contribution < -0.4 is 14.8 Å². The summed E-state index contributed by atoms with van der Waals surface area (Å²) in [5.41, 5.74) is 2.04. The van der Waals surface area contributed by atoms with Crippen molar-refractivity contribution in [1.29, 1.82) is 0 Å². The predicted octanol–water partition coefficient (Wildman–Crippen LogP) is 6.28. The fourth-order valence-corrected chi connectivity index (χ4v) is 3.40. The second kappa shape index (κ2) is 13.5. The van der Waals surface area contributed by atoms with Gasteiger partial charge in [-0.1, -0.05) is 29.3 Å². The number of methoxy groups -OCH3 is 1. The predicted molar refractivity (Wildman–Crippen MR) is 122 cm³/mol. The molecule has 1 N–H and O–H groups in total. The highest BCUT2D eigenvalue weighted by Gasteiger charge is 2.12. The SMILES string of the molecule is CCOCCCNCc1cc(Br)c(OCc2ccc(Cl)c(Cl)c2)c(OC)c1.Cl. The van der Waals surface area contributed by atoms with E-state index in [-0.39, 0.29) is 12.4 Å². The van der Waals surface area contributed by atoms with Gasteiger partial charge in [-0.25, -0.2) is 0 Å². The zero-order chi connectivity index (χ0) is 19.6. The third-order valence-corrected chi connectivity index (χ3v) is 5.16. The van der Waals surface area contributed by atoms with Crippen LogP contribution in [0, 0.1) is 0 Å². The van der Waals surface area contributed by atoms with Crippen molar-refractivity contribution < 1.29 is 14.2 Å². The van der Waals surface area contributed by atoms with E-state index in [1.54, 1.807) is 19.2 Å². The molecule has 8 heteroatoms. The van der Waals surface area contributed by atoms with Crippen molar-refractivity contribution in [3.05, 3.63) is 56.0 Å². The molecule has 2 aromatic rings. The Bertz CT molecular complexity index is 747. The van der Waals surface area contributed by atoms with Gasteiger partial charge in [0, 0.05) is 19.8 Å². The zero-order valence-electron chi connectivity index (χ0n) is 15.9. The van der Waals surface area contributed by atoms with Crippen LogP contribution in [-0.4, -0.2) is 26.9 Å². The van der Waals surface area contributed by atoms with Gasteiger partial charge in [0.1, 0.15) is 6.61 Å². The lowest BCUT2D eigenvalue weighted by molar-refractivity contribution is 0.144. The topological polar surface area (TPSA) is 39.7 Å². The number of hydrogen-bond donors (Lipinski definition) is 1. The number of ether oxygens (including phenoxy) is 3. The summed E-state index contributed by atoms with van der Waals surface area (Å²) in [6.07, 6.45) is 0.983. The Labute approximate surface area is 191 Å². The van der Waals surface area contributed by atoms with Crippen LogP contribution in [0.4, 0.5) is 0 Å². The van der Waals surface area contributed by atoms with E-state index < -0.39 is 0 Å².